The first-order chi connectivity index (χ1) is 15.2. The van der Waals surface area contributed by atoms with E-state index in [2.05, 4.69) is 19.9 Å². The number of hydrogen-bond donors (Lipinski definition) is 2. The highest BCUT2D eigenvalue weighted by Crippen LogP contribution is 2.32. The lowest BCUT2D eigenvalue weighted by atomic mass is 9.95. The first kappa shape index (κ1) is 19.1. The van der Waals surface area contributed by atoms with Gasteiger partial charge in [-0.15, -0.1) is 0 Å². The van der Waals surface area contributed by atoms with Crippen LogP contribution in [0.2, 0.25) is 0 Å². The number of ketones is 1. The molecule has 2 heterocycles. The normalized spacial score (nSPS) is 16.2. The summed E-state index contributed by atoms with van der Waals surface area (Å²) in [5.74, 6) is 1.08. The molecule has 0 bridgehead atoms. The molecule has 5 rings (SSSR count). The Morgan fingerprint density at radius 1 is 1.06 bits per heavy atom. The number of allylic oxidation sites excluding steroid dienone is 1. The lowest BCUT2D eigenvalue weighted by Gasteiger charge is -2.18. The molecule has 0 saturated heterocycles. The number of benzene rings is 2. The molecule has 0 saturated carbocycles. The van der Waals surface area contributed by atoms with Gasteiger partial charge in [0.1, 0.15) is 11.4 Å². The Morgan fingerprint density at radius 2 is 1.87 bits per heavy atom. The number of para-hydroxylation sites is 2. The summed E-state index contributed by atoms with van der Waals surface area (Å²) in [5, 5.41) is 9.73. The van der Waals surface area contributed by atoms with Crippen molar-refractivity contribution in [2.75, 3.05) is 0 Å². The van der Waals surface area contributed by atoms with Gasteiger partial charge in [-0.2, -0.15) is 0 Å². The van der Waals surface area contributed by atoms with E-state index in [1.165, 1.54) is 0 Å². The zero-order chi connectivity index (χ0) is 21.2. The molecule has 0 amide bonds. The maximum Gasteiger partial charge on any atom is 0.245 e. The van der Waals surface area contributed by atoms with Crippen molar-refractivity contribution in [1.82, 2.24) is 19.9 Å². The summed E-state index contributed by atoms with van der Waals surface area (Å²) in [6.07, 6.45) is 6.91. The van der Waals surface area contributed by atoms with Crippen molar-refractivity contribution in [3.05, 3.63) is 84.1 Å². The minimum atomic E-state index is -0.304. The van der Waals surface area contributed by atoms with Crippen molar-refractivity contribution in [3.8, 4) is 11.6 Å². The molecular weight excluding hydrogens is 392 g/mol. The van der Waals surface area contributed by atoms with Gasteiger partial charge in [0.25, 0.3) is 0 Å². The summed E-state index contributed by atoms with van der Waals surface area (Å²) < 4.78 is 5.97. The number of aliphatic hydroxyl groups excluding tert-OH is 1. The molecule has 4 aromatic rings. The summed E-state index contributed by atoms with van der Waals surface area (Å²) in [5.41, 5.74) is 3.78. The first-order valence-electron chi connectivity index (χ1n) is 10.1. The fourth-order valence-corrected chi connectivity index (χ4v) is 3.64. The van der Waals surface area contributed by atoms with E-state index >= 15 is 0 Å². The Hall–Kier alpha value is -3.84. The molecule has 2 aromatic carbocycles. The number of hydrogen-bond acceptors (Lipinski definition) is 6. The van der Waals surface area contributed by atoms with Gasteiger partial charge in [-0.3, -0.25) is 4.79 Å². The molecule has 2 N–H and O–H groups in total. The van der Waals surface area contributed by atoms with Crippen molar-refractivity contribution < 1.29 is 14.6 Å². The zero-order valence-corrected chi connectivity index (χ0v) is 16.7. The van der Waals surface area contributed by atoms with Gasteiger partial charge in [0.2, 0.25) is 11.7 Å². The van der Waals surface area contributed by atoms with E-state index in [-0.39, 0.29) is 11.9 Å². The van der Waals surface area contributed by atoms with E-state index in [0.717, 1.165) is 23.0 Å². The highest BCUT2D eigenvalue weighted by atomic mass is 16.5. The average Bonchev–Trinajstić information content (AvgIpc) is 3.25. The van der Waals surface area contributed by atoms with Crippen LogP contribution in [0.5, 0.6) is 11.6 Å². The fourth-order valence-electron chi connectivity index (χ4n) is 3.64. The predicted molar refractivity (Wildman–Crippen MR) is 116 cm³/mol. The molecule has 0 unspecified atom stereocenters. The summed E-state index contributed by atoms with van der Waals surface area (Å²) in [6, 6.07) is 14.4. The van der Waals surface area contributed by atoms with Crippen LogP contribution in [-0.2, 0) is 0 Å². The zero-order valence-electron chi connectivity index (χ0n) is 16.7. The Kier molecular flexibility index (Phi) is 5.01. The quantitative estimate of drug-likeness (QED) is 0.474. The molecule has 31 heavy (non-hydrogen) atoms. The minimum Gasteiger partial charge on any atom is -0.437 e. The smallest absolute Gasteiger partial charge is 0.245 e. The Morgan fingerprint density at radius 3 is 2.65 bits per heavy atom. The topological polar surface area (TPSA) is 101 Å². The molecule has 0 aliphatic heterocycles. The number of imidazole rings is 1. The predicted octanol–water partition coefficient (Wildman–Crippen LogP) is 4.30. The third kappa shape index (κ3) is 3.95. The monoisotopic (exact) mass is 412 g/mol. The van der Waals surface area contributed by atoms with E-state index in [1.54, 1.807) is 36.7 Å². The summed E-state index contributed by atoms with van der Waals surface area (Å²) in [4.78, 5) is 29.0. The first-order valence-corrected chi connectivity index (χ1v) is 10.1. The van der Waals surface area contributed by atoms with Crippen LogP contribution in [0, 0.1) is 0 Å². The van der Waals surface area contributed by atoms with Crippen LogP contribution in [0.3, 0.4) is 0 Å². The second kappa shape index (κ2) is 8.12. The Balaban J connectivity index is 1.36. The van der Waals surface area contributed by atoms with Crippen LogP contribution in [0.1, 0.15) is 41.1 Å². The van der Waals surface area contributed by atoms with Crippen LogP contribution in [0.25, 0.3) is 16.6 Å². The van der Waals surface area contributed by atoms with Crippen LogP contribution in [0.15, 0.2) is 67.0 Å². The van der Waals surface area contributed by atoms with Gasteiger partial charge < -0.3 is 14.8 Å². The van der Waals surface area contributed by atoms with Gasteiger partial charge in [0.05, 0.1) is 17.1 Å². The van der Waals surface area contributed by atoms with Gasteiger partial charge in [0, 0.05) is 18.0 Å². The molecule has 7 heteroatoms. The van der Waals surface area contributed by atoms with Gasteiger partial charge in [-0.25, -0.2) is 15.0 Å². The lowest BCUT2D eigenvalue weighted by molar-refractivity contribution is 0.103. The number of carbonyl (C=O) groups excluding carboxylic acids is 1. The molecule has 0 fully saturated rings. The van der Waals surface area contributed by atoms with Gasteiger partial charge in [-0.05, 0) is 61.2 Å². The molecule has 1 aliphatic rings. The maximum atomic E-state index is 12.8. The van der Waals surface area contributed by atoms with Gasteiger partial charge in [-0.1, -0.05) is 18.2 Å². The van der Waals surface area contributed by atoms with Crippen LogP contribution < -0.4 is 4.74 Å². The van der Waals surface area contributed by atoms with Crippen LogP contribution in [0.4, 0.5) is 0 Å². The number of aliphatic hydroxyl groups is 1. The van der Waals surface area contributed by atoms with E-state index in [1.807, 2.05) is 30.3 Å². The molecule has 7 nitrogen and oxygen atoms in total. The lowest BCUT2D eigenvalue weighted by Crippen LogP contribution is -2.10. The number of fused-ring (bicyclic) bond motifs is 1. The second-order valence-electron chi connectivity index (χ2n) is 7.43. The highest BCUT2D eigenvalue weighted by molar-refractivity contribution is 6.08. The third-order valence-electron chi connectivity index (χ3n) is 5.29. The average molecular weight is 412 g/mol. The van der Waals surface area contributed by atoms with Crippen molar-refractivity contribution in [2.24, 2.45) is 0 Å². The van der Waals surface area contributed by atoms with Crippen molar-refractivity contribution in [1.29, 1.82) is 0 Å². The number of aromatic amines is 1. The third-order valence-corrected chi connectivity index (χ3v) is 5.29. The standard InChI is InChI=1S/C24H20N4O3/c29-17-9-5-15(6-10-17)21-24(26-14-13-25-21)31-18-11-7-16(8-12-18)22(30)23-27-19-3-1-2-4-20(19)28-23/h1-5,7-8,11-14,17,29H,6,9-10H2,(H,27,28)/t17-/m0/s1. The molecular formula is C24H20N4O3. The summed E-state index contributed by atoms with van der Waals surface area (Å²) >= 11 is 0. The van der Waals surface area contributed by atoms with Gasteiger partial charge in [0.15, 0.2) is 5.82 Å². The van der Waals surface area contributed by atoms with Crippen molar-refractivity contribution in [2.45, 2.75) is 25.4 Å². The molecule has 0 spiro atoms. The molecule has 154 valence electrons. The van der Waals surface area contributed by atoms with E-state index in [0.29, 0.717) is 41.6 Å². The molecule has 0 radical (unpaired) electrons. The molecule has 1 aliphatic carbocycles. The van der Waals surface area contributed by atoms with Crippen molar-refractivity contribution in [3.63, 3.8) is 0 Å². The Labute approximate surface area is 178 Å². The van der Waals surface area contributed by atoms with E-state index in [9.17, 15) is 9.90 Å². The number of aromatic nitrogens is 4. The fraction of sp³-hybridized carbons (Fsp3) is 0.167. The van der Waals surface area contributed by atoms with Crippen molar-refractivity contribution >= 4 is 22.4 Å². The van der Waals surface area contributed by atoms with Crippen LogP contribution in [-0.4, -0.2) is 36.9 Å². The number of H-pyrrole nitrogens is 1. The number of nitrogens with zero attached hydrogens (tertiary/aromatic N) is 3. The second-order valence-corrected chi connectivity index (χ2v) is 7.43. The van der Waals surface area contributed by atoms with E-state index < -0.39 is 0 Å². The van der Waals surface area contributed by atoms with Crippen LogP contribution >= 0.6 is 0 Å². The molecule has 2 aromatic heterocycles. The SMILES string of the molecule is O=C(c1ccc(Oc2nccnc2C2=CC[C@H](O)CC2)cc1)c1nc2ccccc2[nH]1. The maximum absolute atomic E-state index is 12.8. The number of carbonyl (C=O) groups is 1. The summed E-state index contributed by atoms with van der Waals surface area (Å²) in [6.45, 7) is 0. The minimum absolute atomic E-state index is 0.186. The van der Waals surface area contributed by atoms with E-state index in [4.69, 9.17) is 4.74 Å². The van der Waals surface area contributed by atoms with Gasteiger partial charge >= 0.3 is 0 Å². The largest absolute Gasteiger partial charge is 0.437 e. The number of rotatable bonds is 5. The highest BCUT2D eigenvalue weighted by Gasteiger charge is 2.19. The molecule has 1 atom stereocenters. The Bertz CT molecular complexity index is 1240. The number of nitrogens with one attached hydrogen (secondary N) is 1. The number of ether oxygens (including phenoxy) is 1. The summed E-state index contributed by atoms with van der Waals surface area (Å²) in [7, 11) is 0.